The molecule has 0 radical (unpaired) electrons. The summed E-state index contributed by atoms with van der Waals surface area (Å²) in [5, 5.41) is 20.8. The van der Waals surface area contributed by atoms with Crippen molar-refractivity contribution in [2.45, 2.75) is 37.4 Å². The minimum Gasteiger partial charge on any atom is -0.386 e. The summed E-state index contributed by atoms with van der Waals surface area (Å²) in [4.78, 5) is 22.1. The van der Waals surface area contributed by atoms with E-state index in [4.69, 9.17) is 16.9 Å². The third-order valence-electron chi connectivity index (χ3n) is 3.82. The van der Waals surface area contributed by atoms with E-state index in [-0.39, 0.29) is 17.1 Å². The third-order valence-corrected chi connectivity index (χ3v) is 3.82. The molecule has 2 aromatic rings. The highest BCUT2D eigenvalue weighted by Crippen LogP contribution is 2.40. The highest BCUT2D eigenvalue weighted by molar-refractivity contribution is 5.70. The maximum absolute atomic E-state index is 11.8. The lowest BCUT2D eigenvalue weighted by atomic mass is 9.94. The second kappa shape index (κ2) is 4.81. The number of aromatic nitrogens is 4. The van der Waals surface area contributed by atoms with Gasteiger partial charge in [-0.2, -0.15) is 4.98 Å². The third kappa shape index (κ3) is 1.82. The van der Waals surface area contributed by atoms with Gasteiger partial charge in [-0.1, -0.05) is 12.8 Å². The number of terminal acetylenes is 1. The van der Waals surface area contributed by atoms with Gasteiger partial charge >= 0.3 is 0 Å². The van der Waals surface area contributed by atoms with Gasteiger partial charge in [0.25, 0.3) is 5.56 Å². The standard InChI is InChI=1S/C13H15N5O4/c1-3-6-8(19)13(21,4-2)11(22-6)18-5-15-7-9(18)16-12(14)17-10(7)20/h2,5-6,8,11,19,21H,3H2,1H3,(H3,14,16,17,20). The smallest absolute Gasteiger partial charge is 0.280 e. The molecule has 4 unspecified atom stereocenters. The quantitative estimate of drug-likeness (QED) is 0.507. The Hall–Kier alpha value is -2.41. The lowest BCUT2D eigenvalue weighted by molar-refractivity contribution is -0.0684. The number of nitrogens with zero attached hydrogens (tertiary/aromatic N) is 3. The molecular weight excluding hydrogens is 290 g/mol. The van der Waals surface area contributed by atoms with Crippen molar-refractivity contribution in [2.24, 2.45) is 0 Å². The molecule has 3 heterocycles. The zero-order valence-corrected chi connectivity index (χ0v) is 11.7. The Kier molecular flexibility index (Phi) is 3.17. The van der Waals surface area contributed by atoms with Gasteiger partial charge in [0.05, 0.1) is 12.4 Å². The van der Waals surface area contributed by atoms with Crippen molar-refractivity contribution in [1.29, 1.82) is 0 Å². The van der Waals surface area contributed by atoms with Gasteiger partial charge in [0.15, 0.2) is 23.0 Å². The number of nitrogens with one attached hydrogen (secondary N) is 1. The van der Waals surface area contributed by atoms with Gasteiger partial charge in [0.1, 0.15) is 6.10 Å². The molecule has 0 aromatic carbocycles. The summed E-state index contributed by atoms with van der Waals surface area (Å²) >= 11 is 0. The van der Waals surface area contributed by atoms with Gasteiger partial charge in [-0.05, 0) is 6.42 Å². The Morgan fingerprint density at radius 3 is 3.05 bits per heavy atom. The number of anilines is 1. The van der Waals surface area contributed by atoms with E-state index in [1.807, 2.05) is 0 Å². The number of H-pyrrole nitrogens is 1. The van der Waals surface area contributed by atoms with E-state index in [9.17, 15) is 15.0 Å². The number of aromatic amines is 1. The molecule has 2 aromatic heterocycles. The number of aliphatic hydroxyl groups excluding tert-OH is 1. The fourth-order valence-electron chi connectivity index (χ4n) is 2.64. The predicted octanol–water partition coefficient (Wildman–Crippen LogP) is -1.27. The normalized spacial score (nSPS) is 31.5. The second-order valence-corrected chi connectivity index (χ2v) is 5.12. The zero-order valence-electron chi connectivity index (χ0n) is 11.7. The molecule has 0 amide bonds. The van der Waals surface area contributed by atoms with Crippen molar-refractivity contribution in [3.63, 3.8) is 0 Å². The van der Waals surface area contributed by atoms with E-state index < -0.39 is 29.6 Å². The summed E-state index contributed by atoms with van der Waals surface area (Å²) in [5.74, 6) is 2.07. The van der Waals surface area contributed by atoms with Crippen LogP contribution >= 0.6 is 0 Å². The fourth-order valence-corrected chi connectivity index (χ4v) is 2.64. The first kappa shape index (κ1) is 14.5. The minimum absolute atomic E-state index is 0.0339. The lowest BCUT2D eigenvalue weighted by Crippen LogP contribution is -2.45. The second-order valence-electron chi connectivity index (χ2n) is 5.12. The largest absolute Gasteiger partial charge is 0.386 e. The average Bonchev–Trinajstić information content (AvgIpc) is 3.00. The molecule has 0 aliphatic carbocycles. The monoisotopic (exact) mass is 305 g/mol. The highest BCUT2D eigenvalue weighted by Gasteiger charge is 2.55. The minimum atomic E-state index is -1.96. The van der Waals surface area contributed by atoms with Gasteiger partial charge in [-0.25, -0.2) is 4.98 Å². The number of nitrogens with two attached hydrogens (primary N) is 1. The van der Waals surface area contributed by atoms with Crippen LogP contribution in [0.1, 0.15) is 19.6 Å². The summed E-state index contributed by atoms with van der Waals surface area (Å²) in [7, 11) is 0. The Labute approximate surface area is 124 Å². The van der Waals surface area contributed by atoms with E-state index in [0.717, 1.165) is 0 Å². The van der Waals surface area contributed by atoms with Crippen LogP contribution in [0.15, 0.2) is 11.1 Å². The Bertz CT molecular complexity index is 822. The molecule has 1 fully saturated rings. The summed E-state index contributed by atoms with van der Waals surface area (Å²) in [5.41, 5.74) is 3.20. The molecule has 9 heteroatoms. The van der Waals surface area contributed by atoms with E-state index in [1.54, 1.807) is 6.92 Å². The maximum atomic E-state index is 11.8. The molecule has 0 saturated carbocycles. The van der Waals surface area contributed by atoms with Crippen LogP contribution in [-0.2, 0) is 4.74 Å². The molecule has 9 nitrogen and oxygen atoms in total. The molecule has 3 rings (SSSR count). The molecule has 1 aliphatic rings. The lowest BCUT2D eigenvalue weighted by Gasteiger charge is -2.26. The predicted molar refractivity (Wildman–Crippen MR) is 76.6 cm³/mol. The number of ether oxygens (including phenoxy) is 1. The first-order valence-electron chi connectivity index (χ1n) is 6.68. The van der Waals surface area contributed by atoms with Crippen LogP contribution in [0.3, 0.4) is 0 Å². The van der Waals surface area contributed by atoms with Crippen molar-refractivity contribution in [3.05, 3.63) is 16.7 Å². The Morgan fingerprint density at radius 2 is 2.41 bits per heavy atom. The van der Waals surface area contributed by atoms with Crippen LogP contribution in [0.4, 0.5) is 5.95 Å². The summed E-state index contributed by atoms with van der Waals surface area (Å²) < 4.78 is 6.95. The molecule has 4 atom stereocenters. The van der Waals surface area contributed by atoms with Crippen LogP contribution in [0.5, 0.6) is 0 Å². The SMILES string of the molecule is C#CC1(O)C(O)C(CC)OC1n1cnc2c(=O)[nH]c(N)nc21. The van der Waals surface area contributed by atoms with Gasteiger partial charge in [-0.3, -0.25) is 14.3 Å². The number of aliphatic hydroxyl groups is 2. The fraction of sp³-hybridized carbons (Fsp3) is 0.462. The Morgan fingerprint density at radius 1 is 1.68 bits per heavy atom. The molecule has 1 aliphatic heterocycles. The molecule has 0 bridgehead atoms. The van der Waals surface area contributed by atoms with Crippen LogP contribution in [0.25, 0.3) is 11.2 Å². The summed E-state index contributed by atoms with van der Waals surface area (Å²) in [6.45, 7) is 1.79. The number of nitrogen functional groups attached to an aromatic ring is 1. The van der Waals surface area contributed by atoms with Gasteiger partial charge in [-0.15, -0.1) is 6.42 Å². The molecule has 0 spiro atoms. The van der Waals surface area contributed by atoms with Crippen molar-refractivity contribution in [3.8, 4) is 12.3 Å². The summed E-state index contributed by atoms with van der Waals surface area (Å²) in [6, 6.07) is 0. The van der Waals surface area contributed by atoms with Crippen molar-refractivity contribution in [2.75, 3.05) is 5.73 Å². The molecule has 22 heavy (non-hydrogen) atoms. The first-order valence-corrected chi connectivity index (χ1v) is 6.68. The zero-order chi connectivity index (χ0) is 16.1. The topological polar surface area (TPSA) is 139 Å². The summed E-state index contributed by atoms with van der Waals surface area (Å²) in [6.07, 6.45) is 4.05. The number of imidazole rings is 1. The van der Waals surface area contributed by atoms with Crippen LogP contribution in [0, 0.1) is 12.3 Å². The van der Waals surface area contributed by atoms with E-state index in [0.29, 0.717) is 6.42 Å². The number of rotatable bonds is 2. The number of hydrogen-bond donors (Lipinski definition) is 4. The van der Waals surface area contributed by atoms with Gasteiger partial charge in [0.2, 0.25) is 5.95 Å². The first-order chi connectivity index (χ1) is 10.4. The van der Waals surface area contributed by atoms with Crippen LogP contribution in [-0.4, -0.2) is 47.5 Å². The van der Waals surface area contributed by atoms with Gasteiger partial charge in [0, 0.05) is 0 Å². The van der Waals surface area contributed by atoms with E-state index in [1.165, 1.54) is 10.9 Å². The average molecular weight is 305 g/mol. The van der Waals surface area contributed by atoms with Crippen molar-refractivity contribution < 1.29 is 14.9 Å². The van der Waals surface area contributed by atoms with E-state index >= 15 is 0 Å². The molecule has 1 saturated heterocycles. The van der Waals surface area contributed by atoms with Crippen LogP contribution in [0.2, 0.25) is 0 Å². The number of hydrogen-bond acceptors (Lipinski definition) is 7. The molecule has 5 N–H and O–H groups in total. The molecular formula is C13H15N5O4. The van der Waals surface area contributed by atoms with Crippen molar-refractivity contribution >= 4 is 17.1 Å². The maximum Gasteiger partial charge on any atom is 0.280 e. The van der Waals surface area contributed by atoms with Crippen molar-refractivity contribution in [1.82, 2.24) is 19.5 Å². The Balaban J connectivity index is 2.19. The molecule has 116 valence electrons. The highest BCUT2D eigenvalue weighted by atomic mass is 16.6. The van der Waals surface area contributed by atoms with Gasteiger partial charge < -0.3 is 20.7 Å². The van der Waals surface area contributed by atoms with Crippen LogP contribution < -0.4 is 11.3 Å². The van der Waals surface area contributed by atoms with E-state index in [2.05, 4.69) is 20.9 Å². The number of fused-ring (bicyclic) bond motifs is 1.